The van der Waals surface area contributed by atoms with Gasteiger partial charge in [0.05, 0.1) is 12.0 Å². The van der Waals surface area contributed by atoms with E-state index in [0.717, 1.165) is 48.6 Å². The number of carbonyl (C=O) groups excluding carboxylic acids is 2. The van der Waals surface area contributed by atoms with Crippen molar-refractivity contribution in [2.24, 2.45) is 0 Å². The topological polar surface area (TPSA) is 109 Å². The number of fused-ring (bicyclic) bond motifs is 1. The van der Waals surface area contributed by atoms with Crippen LogP contribution in [0.3, 0.4) is 0 Å². The number of sulfonamides is 1. The third-order valence-electron chi connectivity index (χ3n) is 6.75. The second-order valence-electron chi connectivity index (χ2n) is 8.95. The van der Waals surface area contributed by atoms with Crippen molar-refractivity contribution in [3.05, 3.63) is 65.9 Å². The molecule has 186 valence electrons. The molecule has 1 heterocycles. The lowest BCUT2D eigenvalue weighted by atomic mass is 9.96. The van der Waals surface area contributed by atoms with E-state index in [1.165, 1.54) is 29.6 Å². The monoisotopic (exact) mass is 497 g/mol. The minimum atomic E-state index is -3.75. The van der Waals surface area contributed by atoms with Gasteiger partial charge in [0.15, 0.2) is 0 Å². The van der Waals surface area contributed by atoms with Crippen molar-refractivity contribution in [2.75, 3.05) is 14.2 Å². The van der Waals surface area contributed by atoms with Crippen LogP contribution < -0.4 is 5.32 Å². The van der Waals surface area contributed by atoms with E-state index in [-0.39, 0.29) is 22.9 Å². The number of methoxy groups -OCH3 is 1. The third kappa shape index (κ3) is 5.41. The molecule has 0 unspecified atom stereocenters. The van der Waals surface area contributed by atoms with Gasteiger partial charge in [0.1, 0.15) is 6.04 Å². The number of hydrogen-bond donors (Lipinski definition) is 2. The average Bonchev–Trinajstić information content (AvgIpc) is 3.30. The van der Waals surface area contributed by atoms with E-state index in [1.54, 1.807) is 19.3 Å². The van der Waals surface area contributed by atoms with Crippen molar-refractivity contribution < 1.29 is 22.7 Å². The Morgan fingerprint density at radius 2 is 1.86 bits per heavy atom. The highest BCUT2D eigenvalue weighted by molar-refractivity contribution is 7.89. The Hall–Kier alpha value is -3.17. The van der Waals surface area contributed by atoms with Crippen LogP contribution in [0.1, 0.15) is 48.0 Å². The van der Waals surface area contributed by atoms with Gasteiger partial charge in [0.25, 0.3) is 5.91 Å². The van der Waals surface area contributed by atoms with Gasteiger partial charge in [-0.3, -0.25) is 4.79 Å². The Morgan fingerprint density at radius 1 is 1.11 bits per heavy atom. The molecule has 4 rings (SSSR count). The maximum atomic E-state index is 13.2. The quantitative estimate of drug-likeness (QED) is 0.462. The molecule has 1 atom stereocenters. The number of aromatic nitrogens is 1. The molecule has 0 aliphatic heterocycles. The summed E-state index contributed by atoms with van der Waals surface area (Å²) >= 11 is 0. The van der Waals surface area contributed by atoms with Gasteiger partial charge in [0.2, 0.25) is 10.0 Å². The van der Waals surface area contributed by atoms with E-state index in [2.05, 4.69) is 10.3 Å². The SMILES string of the molecule is COC(=O)[C@@H](Cc1c[nH]c2ccccc12)NC(=O)c1cccc(S(=O)(=O)N(C)C2CCCCC2)c1. The van der Waals surface area contributed by atoms with Crippen molar-refractivity contribution in [3.63, 3.8) is 0 Å². The lowest BCUT2D eigenvalue weighted by Gasteiger charge is -2.30. The van der Waals surface area contributed by atoms with Gasteiger partial charge in [-0.1, -0.05) is 43.5 Å². The summed E-state index contributed by atoms with van der Waals surface area (Å²) in [6.45, 7) is 0. The molecule has 3 aromatic rings. The molecule has 0 radical (unpaired) electrons. The highest BCUT2D eigenvalue weighted by Gasteiger charge is 2.30. The van der Waals surface area contributed by atoms with Crippen molar-refractivity contribution >= 4 is 32.8 Å². The van der Waals surface area contributed by atoms with Gasteiger partial charge in [-0.05, 0) is 42.7 Å². The van der Waals surface area contributed by atoms with Crippen LogP contribution in [0.4, 0.5) is 0 Å². The Morgan fingerprint density at radius 3 is 2.60 bits per heavy atom. The summed E-state index contributed by atoms with van der Waals surface area (Å²) < 4.78 is 32.8. The number of esters is 1. The van der Waals surface area contributed by atoms with E-state index < -0.39 is 27.9 Å². The molecule has 1 aromatic heterocycles. The molecule has 35 heavy (non-hydrogen) atoms. The second-order valence-corrected chi connectivity index (χ2v) is 11.0. The fourth-order valence-electron chi connectivity index (χ4n) is 4.70. The maximum absolute atomic E-state index is 13.2. The van der Waals surface area contributed by atoms with E-state index in [1.807, 2.05) is 24.3 Å². The summed E-state index contributed by atoms with van der Waals surface area (Å²) in [6, 6.07) is 12.7. The molecule has 1 saturated carbocycles. The van der Waals surface area contributed by atoms with Crippen molar-refractivity contribution in [2.45, 2.75) is 55.5 Å². The molecule has 9 heteroatoms. The van der Waals surface area contributed by atoms with Crippen LogP contribution in [0, 0.1) is 0 Å². The first-order valence-corrected chi connectivity index (χ1v) is 13.3. The molecule has 8 nitrogen and oxygen atoms in total. The smallest absolute Gasteiger partial charge is 0.328 e. The van der Waals surface area contributed by atoms with Crippen LogP contribution in [-0.4, -0.2) is 55.8 Å². The predicted molar refractivity (Wildman–Crippen MR) is 134 cm³/mol. The molecule has 1 fully saturated rings. The fourth-order valence-corrected chi connectivity index (χ4v) is 6.16. The number of H-pyrrole nitrogens is 1. The zero-order valence-electron chi connectivity index (χ0n) is 20.0. The number of ether oxygens (including phenoxy) is 1. The van der Waals surface area contributed by atoms with Crippen LogP contribution in [-0.2, 0) is 26.0 Å². The summed E-state index contributed by atoms with van der Waals surface area (Å²) in [7, 11) is -0.879. The molecule has 1 aliphatic rings. The summed E-state index contributed by atoms with van der Waals surface area (Å²) in [5.41, 5.74) is 1.95. The normalized spacial score (nSPS) is 15.7. The van der Waals surface area contributed by atoms with Crippen LogP contribution in [0.25, 0.3) is 10.9 Å². The predicted octanol–water partition coefficient (Wildman–Crippen LogP) is 3.64. The Labute approximate surface area is 205 Å². The lowest BCUT2D eigenvalue weighted by molar-refractivity contribution is -0.142. The maximum Gasteiger partial charge on any atom is 0.328 e. The van der Waals surface area contributed by atoms with Crippen molar-refractivity contribution in [3.8, 4) is 0 Å². The molecule has 1 amide bonds. The molecule has 2 aromatic carbocycles. The number of carbonyl (C=O) groups is 2. The molecule has 1 aliphatic carbocycles. The number of amides is 1. The lowest BCUT2D eigenvalue weighted by Crippen LogP contribution is -2.43. The Kier molecular flexibility index (Phi) is 7.57. The summed E-state index contributed by atoms with van der Waals surface area (Å²) in [6.07, 6.45) is 6.86. The summed E-state index contributed by atoms with van der Waals surface area (Å²) in [5, 5.41) is 3.68. The van der Waals surface area contributed by atoms with Crippen LogP contribution in [0.5, 0.6) is 0 Å². The van der Waals surface area contributed by atoms with E-state index in [0.29, 0.717) is 0 Å². The van der Waals surface area contributed by atoms with Crippen LogP contribution >= 0.6 is 0 Å². The van der Waals surface area contributed by atoms with Crippen molar-refractivity contribution in [1.82, 2.24) is 14.6 Å². The zero-order valence-corrected chi connectivity index (χ0v) is 20.8. The number of nitrogens with one attached hydrogen (secondary N) is 2. The summed E-state index contributed by atoms with van der Waals surface area (Å²) in [5.74, 6) is -1.12. The second kappa shape index (κ2) is 10.6. The zero-order chi connectivity index (χ0) is 25.0. The number of nitrogens with zero attached hydrogens (tertiary/aromatic N) is 1. The Balaban J connectivity index is 1.53. The number of hydrogen-bond acceptors (Lipinski definition) is 5. The van der Waals surface area contributed by atoms with Crippen LogP contribution in [0.15, 0.2) is 59.6 Å². The van der Waals surface area contributed by atoms with Gasteiger partial charge in [-0.15, -0.1) is 0 Å². The number of rotatable bonds is 8. The van der Waals surface area contributed by atoms with E-state index >= 15 is 0 Å². The number of para-hydroxylation sites is 1. The molecule has 0 spiro atoms. The molecular weight excluding hydrogens is 466 g/mol. The summed E-state index contributed by atoms with van der Waals surface area (Å²) in [4.78, 5) is 28.8. The highest BCUT2D eigenvalue weighted by atomic mass is 32.2. The minimum absolute atomic E-state index is 0.0360. The van der Waals surface area contributed by atoms with E-state index in [4.69, 9.17) is 4.74 Å². The van der Waals surface area contributed by atoms with Gasteiger partial charge in [-0.25, -0.2) is 13.2 Å². The number of benzene rings is 2. The van der Waals surface area contributed by atoms with Crippen LogP contribution in [0.2, 0.25) is 0 Å². The van der Waals surface area contributed by atoms with Gasteiger partial charge in [-0.2, -0.15) is 4.31 Å². The van der Waals surface area contributed by atoms with Gasteiger partial charge < -0.3 is 15.0 Å². The average molecular weight is 498 g/mol. The van der Waals surface area contributed by atoms with E-state index in [9.17, 15) is 18.0 Å². The largest absolute Gasteiger partial charge is 0.467 e. The molecule has 2 N–H and O–H groups in total. The minimum Gasteiger partial charge on any atom is -0.467 e. The standard InChI is InChI=1S/C26H31N3O5S/c1-29(20-10-4-3-5-11-20)35(32,33)21-12-8-9-18(15-21)25(30)28-24(26(31)34-2)16-19-17-27-23-14-7-6-13-22(19)23/h6-9,12-15,17,20,24,27H,3-5,10-11,16H2,1-2H3,(H,28,30)/t24-/m1/s1. The third-order valence-corrected chi connectivity index (χ3v) is 8.66. The fraction of sp³-hybridized carbons (Fsp3) is 0.385. The van der Waals surface area contributed by atoms with Gasteiger partial charge in [0, 0.05) is 42.2 Å². The highest BCUT2D eigenvalue weighted by Crippen LogP contribution is 2.27. The van der Waals surface area contributed by atoms with Crippen molar-refractivity contribution in [1.29, 1.82) is 0 Å². The Bertz CT molecular complexity index is 1310. The van der Waals surface area contributed by atoms with Gasteiger partial charge >= 0.3 is 5.97 Å². The molecule has 0 saturated heterocycles. The molecular formula is C26H31N3O5S. The first kappa shape index (κ1) is 24.9. The first-order chi connectivity index (χ1) is 16.8. The number of aromatic amines is 1. The first-order valence-electron chi connectivity index (χ1n) is 11.8. The molecule has 0 bridgehead atoms.